The maximum Gasteiger partial charge on any atom is 0.0876 e. The fraction of sp³-hybridized carbons (Fsp3) is 0.818. The summed E-state index contributed by atoms with van der Waals surface area (Å²) in [6.45, 7) is 18.4. The summed E-state index contributed by atoms with van der Waals surface area (Å²) in [7, 11) is 0. The van der Waals surface area contributed by atoms with Crippen LogP contribution >= 0.6 is 0 Å². The maximum atomic E-state index is 10.9. The van der Waals surface area contributed by atoms with Gasteiger partial charge in [-0.2, -0.15) is 4.91 Å². The Kier molecular flexibility index (Phi) is 12.0. The van der Waals surface area contributed by atoms with Crippen LogP contribution in [0.2, 0.25) is 0 Å². The van der Waals surface area contributed by atoms with Crippen LogP contribution in [0, 0.1) is 28.1 Å². The summed E-state index contributed by atoms with van der Waals surface area (Å²) in [4.78, 5) is 10.9. The lowest BCUT2D eigenvalue weighted by Gasteiger charge is -2.31. The predicted molar refractivity (Wildman–Crippen MR) is 108 cm³/mol. The van der Waals surface area contributed by atoms with Gasteiger partial charge in [-0.25, -0.2) is 0 Å². The largest absolute Gasteiger partial charge is 0.151 e. The first kappa shape index (κ1) is 23.1. The summed E-state index contributed by atoms with van der Waals surface area (Å²) in [5.41, 5.74) is 1.66. The lowest BCUT2D eigenvalue weighted by Crippen LogP contribution is -2.20. The van der Waals surface area contributed by atoms with Crippen molar-refractivity contribution >= 4 is 0 Å². The van der Waals surface area contributed by atoms with Crippen LogP contribution in [-0.2, 0) is 0 Å². The Labute approximate surface area is 151 Å². The number of nitroso groups, excluding NO2 is 1. The third-order valence-corrected chi connectivity index (χ3v) is 5.78. The summed E-state index contributed by atoms with van der Waals surface area (Å²) >= 11 is 0. The third-order valence-electron chi connectivity index (χ3n) is 5.78. The van der Waals surface area contributed by atoms with Crippen molar-refractivity contribution in [1.29, 1.82) is 0 Å². The molecule has 3 unspecified atom stereocenters. The first-order valence-electron chi connectivity index (χ1n) is 9.89. The minimum absolute atomic E-state index is 0.250. The van der Waals surface area contributed by atoms with Crippen LogP contribution in [0.5, 0.6) is 0 Å². The minimum atomic E-state index is 0.250. The third kappa shape index (κ3) is 9.39. The Balaban J connectivity index is 4.59. The smallest absolute Gasteiger partial charge is 0.0876 e. The molecule has 0 rings (SSSR count). The van der Waals surface area contributed by atoms with Crippen molar-refractivity contribution < 1.29 is 0 Å². The average Bonchev–Trinajstić information content (AvgIpc) is 2.54. The van der Waals surface area contributed by atoms with E-state index in [1.54, 1.807) is 0 Å². The van der Waals surface area contributed by atoms with Crippen molar-refractivity contribution in [1.82, 2.24) is 0 Å². The topological polar surface area (TPSA) is 29.4 Å². The molecule has 0 bridgehead atoms. The number of hydrogen-bond donors (Lipinski definition) is 0. The highest BCUT2D eigenvalue weighted by Crippen LogP contribution is 2.36. The average molecular weight is 336 g/mol. The zero-order valence-corrected chi connectivity index (χ0v) is 17.1. The van der Waals surface area contributed by atoms with E-state index in [0.717, 1.165) is 19.3 Å². The molecule has 0 N–H and O–H groups in total. The van der Waals surface area contributed by atoms with Gasteiger partial charge in [0, 0.05) is 5.92 Å². The molecule has 0 aromatic heterocycles. The van der Waals surface area contributed by atoms with Gasteiger partial charge >= 0.3 is 0 Å². The Morgan fingerprint density at radius 2 is 1.83 bits per heavy atom. The van der Waals surface area contributed by atoms with Gasteiger partial charge in [0.05, 0.1) is 6.54 Å². The Morgan fingerprint density at radius 1 is 1.21 bits per heavy atom. The van der Waals surface area contributed by atoms with E-state index in [0.29, 0.717) is 23.8 Å². The van der Waals surface area contributed by atoms with Crippen LogP contribution in [0.4, 0.5) is 0 Å². The van der Waals surface area contributed by atoms with Gasteiger partial charge in [0.25, 0.3) is 0 Å². The van der Waals surface area contributed by atoms with Crippen molar-refractivity contribution in [3.8, 4) is 0 Å². The molecule has 0 aliphatic rings. The van der Waals surface area contributed by atoms with E-state index in [4.69, 9.17) is 0 Å². The molecule has 0 saturated heterocycles. The Morgan fingerprint density at radius 3 is 2.33 bits per heavy atom. The molecule has 0 aliphatic heterocycles. The van der Waals surface area contributed by atoms with Gasteiger partial charge in [-0.3, -0.25) is 0 Å². The molecule has 0 aromatic rings. The van der Waals surface area contributed by atoms with Crippen LogP contribution in [0.1, 0.15) is 86.5 Å². The van der Waals surface area contributed by atoms with Gasteiger partial charge in [0.2, 0.25) is 0 Å². The van der Waals surface area contributed by atoms with E-state index in [9.17, 15) is 4.91 Å². The van der Waals surface area contributed by atoms with E-state index in [1.165, 1.54) is 31.3 Å². The Bertz CT molecular complexity index is 381. The van der Waals surface area contributed by atoms with Crippen molar-refractivity contribution in [3.05, 3.63) is 29.2 Å². The zero-order chi connectivity index (χ0) is 18.6. The summed E-state index contributed by atoms with van der Waals surface area (Å²) in [5, 5.41) is 3.20. The van der Waals surface area contributed by atoms with Crippen LogP contribution < -0.4 is 0 Å². The molecule has 3 atom stereocenters. The van der Waals surface area contributed by atoms with Gasteiger partial charge in [0.1, 0.15) is 0 Å². The van der Waals surface area contributed by atoms with Gasteiger partial charge in [-0.1, -0.05) is 76.9 Å². The normalized spacial score (nSPS) is 16.1. The van der Waals surface area contributed by atoms with E-state index < -0.39 is 0 Å². The molecule has 0 aliphatic carbocycles. The highest BCUT2D eigenvalue weighted by molar-refractivity contribution is 5.03. The first-order valence-corrected chi connectivity index (χ1v) is 9.89. The Hall–Kier alpha value is -0.920. The fourth-order valence-corrected chi connectivity index (χ4v) is 3.68. The van der Waals surface area contributed by atoms with Crippen molar-refractivity contribution in [3.63, 3.8) is 0 Å². The lowest BCUT2D eigenvalue weighted by atomic mass is 9.74. The molecule has 0 spiro atoms. The second kappa shape index (κ2) is 12.4. The highest BCUT2D eigenvalue weighted by atomic mass is 16.3. The molecule has 0 radical (unpaired) electrons. The number of allylic oxidation sites excluding steroid dienone is 2. The number of rotatable bonds is 14. The lowest BCUT2D eigenvalue weighted by molar-refractivity contribution is 0.225. The summed E-state index contributed by atoms with van der Waals surface area (Å²) in [5.74, 6) is 1.48. The fourth-order valence-electron chi connectivity index (χ4n) is 3.68. The number of hydrogen-bond acceptors (Lipinski definition) is 2. The van der Waals surface area contributed by atoms with Gasteiger partial charge in [-0.05, 0) is 56.3 Å². The van der Waals surface area contributed by atoms with E-state index in [2.05, 4.69) is 65.5 Å². The molecule has 0 heterocycles. The number of nitrogens with zero attached hydrogens (tertiary/aromatic N) is 1. The highest BCUT2D eigenvalue weighted by Gasteiger charge is 2.24. The molecule has 0 aromatic carbocycles. The SMILES string of the molecule is C=C(CC(C)CC(C)(CC)CC)C(CN=O)CC(C)CC/C=C\C. The summed E-state index contributed by atoms with van der Waals surface area (Å²) in [6, 6.07) is 0. The monoisotopic (exact) mass is 335 g/mol. The van der Waals surface area contributed by atoms with E-state index >= 15 is 0 Å². The maximum absolute atomic E-state index is 10.9. The molecule has 140 valence electrons. The first-order chi connectivity index (χ1) is 11.3. The van der Waals surface area contributed by atoms with E-state index in [1.807, 2.05) is 0 Å². The summed E-state index contributed by atoms with van der Waals surface area (Å²) < 4.78 is 0. The minimum Gasteiger partial charge on any atom is -0.151 e. The van der Waals surface area contributed by atoms with Crippen LogP contribution in [0.15, 0.2) is 29.5 Å². The van der Waals surface area contributed by atoms with Crippen LogP contribution in [-0.4, -0.2) is 6.54 Å². The second-order valence-corrected chi connectivity index (χ2v) is 8.19. The molecule has 2 nitrogen and oxygen atoms in total. The van der Waals surface area contributed by atoms with Crippen LogP contribution in [0.3, 0.4) is 0 Å². The van der Waals surface area contributed by atoms with Crippen LogP contribution in [0.25, 0.3) is 0 Å². The molecule has 2 heteroatoms. The molecule has 24 heavy (non-hydrogen) atoms. The molecular weight excluding hydrogens is 294 g/mol. The molecular formula is C22H41NO. The summed E-state index contributed by atoms with van der Waals surface area (Å²) in [6.07, 6.45) is 12.4. The van der Waals surface area contributed by atoms with E-state index in [-0.39, 0.29) is 5.92 Å². The van der Waals surface area contributed by atoms with Gasteiger partial charge in [0.15, 0.2) is 0 Å². The van der Waals surface area contributed by atoms with Crippen molar-refractivity contribution in [2.75, 3.05) is 6.54 Å². The van der Waals surface area contributed by atoms with Gasteiger partial charge in [-0.15, -0.1) is 0 Å². The predicted octanol–water partition coefficient (Wildman–Crippen LogP) is 7.55. The second-order valence-electron chi connectivity index (χ2n) is 8.19. The quantitative estimate of drug-likeness (QED) is 0.238. The zero-order valence-electron chi connectivity index (χ0n) is 17.1. The standard InChI is InChI=1S/C22H41NO/c1-8-11-12-13-18(4)15-21(17-23-24)20(6)14-19(5)16-22(7,9-2)10-3/h8,11,18-19,21H,6,9-10,12-17H2,1-5,7H3/b11-8-. The van der Waals surface area contributed by atoms with Gasteiger partial charge < -0.3 is 0 Å². The molecule has 0 fully saturated rings. The van der Waals surface area contributed by atoms with Crippen molar-refractivity contribution in [2.24, 2.45) is 28.3 Å². The van der Waals surface area contributed by atoms with Crippen molar-refractivity contribution in [2.45, 2.75) is 86.5 Å². The molecule has 0 amide bonds. The molecule has 0 saturated carbocycles.